The Hall–Kier alpha value is -3.82. The summed E-state index contributed by atoms with van der Waals surface area (Å²) in [4.78, 5) is 30.8. The minimum atomic E-state index is -0.373. The zero-order valence-electron chi connectivity index (χ0n) is 20.0. The molecule has 0 aliphatic heterocycles. The van der Waals surface area contributed by atoms with E-state index in [-0.39, 0.29) is 17.1 Å². The van der Waals surface area contributed by atoms with Crippen LogP contribution in [0.25, 0.3) is 11.3 Å². The second-order valence-electron chi connectivity index (χ2n) is 7.73. The van der Waals surface area contributed by atoms with E-state index >= 15 is 0 Å². The molecule has 0 aliphatic carbocycles. The first kappa shape index (κ1) is 25.3. The van der Waals surface area contributed by atoms with Crippen LogP contribution in [-0.4, -0.2) is 36.3 Å². The van der Waals surface area contributed by atoms with Gasteiger partial charge in [0, 0.05) is 27.1 Å². The van der Waals surface area contributed by atoms with E-state index in [4.69, 9.17) is 9.47 Å². The molecule has 0 saturated heterocycles. The van der Waals surface area contributed by atoms with E-state index in [1.54, 1.807) is 38.5 Å². The molecule has 1 unspecified atom stereocenters. The average molecular weight is 520 g/mol. The van der Waals surface area contributed by atoms with Crippen LogP contribution in [0.1, 0.15) is 17.3 Å². The van der Waals surface area contributed by atoms with E-state index in [2.05, 4.69) is 15.6 Å². The Morgan fingerprint density at radius 1 is 0.917 bits per heavy atom. The van der Waals surface area contributed by atoms with Gasteiger partial charge < -0.3 is 20.1 Å². The summed E-state index contributed by atoms with van der Waals surface area (Å²) in [5.74, 6) is 1.06. The Morgan fingerprint density at radius 2 is 1.67 bits per heavy atom. The van der Waals surface area contributed by atoms with Crippen molar-refractivity contribution in [1.82, 2.24) is 4.98 Å². The van der Waals surface area contributed by atoms with Crippen LogP contribution in [0, 0.1) is 0 Å². The molecule has 2 N–H and O–H groups in total. The number of nitrogens with zero attached hydrogens (tertiary/aromatic N) is 1. The zero-order valence-corrected chi connectivity index (χ0v) is 21.6. The maximum Gasteiger partial charge on any atom is 0.255 e. The molecular weight excluding hydrogens is 494 g/mol. The molecule has 1 aromatic heterocycles. The molecule has 9 heteroatoms. The van der Waals surface area contributed by atoms with Gasteiger partial charge in [0.05, 0.1) is 25.2 Å². The van der Waals surface area contributed by atoms with Crippen LogP contribution < -0.4 is 20.1 Å². The summed E-state index contributed by atoms with van der Waals surface area (Å²) in [6.07, 6.45) is 0. The molecule has 7 nitrogen and oxygen atoms in total. The second kappa shape index (κ2) is 11.7. The van der Waals surface area contributed by atoms with E-state index in [9.17, 15) is 9.59 Å². The number of anilines is 2. The summed E-state index contributed by atoms with van der Waals surface area (Å²) < 4.78 is 10.4. The molecule has 0 aliphatic rings. The summed E-state index contributed by atoms with van der Waals surface area (Å²) >= 11 is 2.77. The van der Waals surface area contributed by atoms with Gasteiger partial charge in [-0.05, 0) is 61.5 Å². The van der Waals surface area contributed by atoms with Crippen LogP contribution in [0.3, 0.4) is 0 Å². The van der Waals surface area contributed by atoms with Crippen LogP contribution in [0.2, 0.25) is 0 Å². The molecule has 3 aromatic carbocycles. The van der Waals surface area contributed by atoms with Crippen molar-refractivity contribution in [3.8, 4) is 22.8 Å². The number of aromatic nitrogens is 1. The Labute approximate surface area is 217 Å². The van der Waals surface area contributed by atoms with Crippen molar-refractivity contribution in [2.75, 3.05) is 24.9 Å². The third-order valence-corrected chi connectivity index (χ3v) is 7.08. The van der Waals surface area contributed by atoms with Crippen molar-refractivity contribution in [3.63, 3.8) is 0 Å². The number of amides is 2. The van der Waals surface area contributed by atoms with Crippen molar-refractivity contribution in [3.05, 3.63) is 83.7 Å². The summed E-state index contributed by atoms with van der Waals surface area (Å²) in [5.41, 5.74) is 2.87. The van der Waals surface area contributed by atoms with Crippen LogP contribution in [0.15, 0.2) is 83.1 Å². The van der Waals surface area contributed by atoms with Gasteiger partial charge in [0.2, 0.25) is 5.91 Å². The molecule has 0 fully saturated rings. The van der Waals surface area contributed by atoms with Gasteiger partial charge in [-0.15, -0.1) is 23.1 Å². The van der Waals surface area contributed by atoms with E-state index < -0.39 is 0 Å². The zero-order chi connectivity index (χ0) is 25.5. The number of rotatable bonds is 9. The number of benzene rings is 3. The minimum Gasteiger partial charge on any atom is -0.497 e. The summed E-state index contributed by atoms with van der Waals surface area (Å²) in [6.45, 7) is 1.83. The third kappa shape index (κ3) is 6.44. The molecule has 2 amide bonds. The van der Waals surface area contributed by atoms with E-state index in [0.29, 0.717) is 22.1 Å². The number of nitrogens with one attached hydrogen (secondary N) is 2. The van der Waals surface area contributed by atoms with Crippen LogP contribution in [-0.2, 0) is 4.79 Å². The number of thioether (sulfide) groups is 1. The van der Waals surface area contributed by atoms with Crippen molar-refractivity contribution >= 4 is 45.7 Å². The quantitative estimate of drug-likeness (QED) is 0.256. The molecule has 0 bridgehead atoms. The van der Waals surface area contributed by atoms with Crippen LogP contribution in [0.5, 0.6) is 11.5 Å². The molecule has 4 rings (SSSR count). The van der Waals surface area contributed by atoms with Crippen LogP contribution in [0.4, 0.5) is 10.8 Å². The number of carbonyl (C=O) groups is 2. The fraction of sp³-hybridized carbons (Fsp3) is 0.148. The molecule has 0 radical (unpaired) electrons. The van der Waals surface area contributed by atoms with Gasteiger partial charge in [-0.25, -0.2) is 4.98 Å². The maximum absolute atomic E-state index is 12.8. The molecule has 0 spiro atoms. The maximum atomic E-state index is 12.8. The minimum absolute atomic E-state index is 0.154. The predicted octanol–water partition coefficient (Wildman–Crippen LogP) is 6.20. The Morgan fingerprint density at radius 3 is 2.42 bits per heavy atom. The number of thiazole rings is 1. The fourth-order valence-corrected chi connectivity index (χ4v) is 4.95. The molecule has 1 heterocycles. The molecule has 4 aromatic rings. The summed E-state index contributed by atoms with van der Waals surface area (Å²) in [7, 11) is 3.20. The largest absolute Gasteiger partial charge is 0.497 e. The average Bonchev–Trinajstić information content (AvgIpc) is 3.37. The lowest BCUT2D eigenvalue weighted by Gasteiger charge is -2.12. The monoisotopic (exact) mass is 519 g/mol. The van der Waals surface area contributed by atoms with E-state index in [1.807, 2.05) is 60.8 Å². The highest BCUT2D eigenvalue weighted by atomic mass is 32.2. The van der Waals surface area contributed by atoms with Gasteiger partial charge in [-0.3, -0.25) is 9.59 Å². The number of ether oxygens (including phenoxy) is 2. The summed E-state index contributed by atoms with van der Waals surface area (Å²) in [6, 6.07) is 21.9. The topological polar surface area (TPSA) is 89.5 Å². The first-order valence-corrected chi connectivity index (χ1v) is 12.8. The van der Waals surface area contributed by atoms with Gasteiger partial charge in [0.1, 0.15) is 11.5 Å². The smallest absolute Gasteiger partial charge is 0.255 e. The predicted molar refractivity (Wildman–Crippen MR) is 145 cm³/mol. The van der Waals surface area contributed by atoms with Crippen molar-refractivity contribution in [2.45, 2.75) is 17.1 Å². The molecule has 0 saturated carbocycles. The Balaban J connectivity index is 1.35. The molecular formula is C27H25N3O4S2. The summed E-state index contributed by atoms with van der Waals surface area (Å²) in [5, 5.41) is 7.85. The number of carbonyl (C=O) groups excluding carboxylic acids is 2. The van der Waals surface area contributed by atoms with E-state index in [1.165, 1.54) is 23.1 Å². The molecule has 36 heavy (non-hydrogen) atoms. The third-order valence-electron chi connectivity index (χ3n) is 5.23. The highest BCUT2D eigenvalue weighted by molar-refractivity contribution is 8.00. The Bertz CT molecular complexity index is 1360. The Kier molecular flexibility index (Phi) is 8.24. The lowest BCUT2D eigenvalue weighted by Crippen LogP contribution is -2.22. The molecule has 1 atom stereocenters. The van der Waals surface area contributed by atoms with Gasteiger partial charge in [-0.1, -0.05) is 18.2 Å². The SMILES string of the molecule is COc1ccc(C(=O)Nc2cccc(SC(C)C(=O)Nc3nc(-c4cccc(OC)c4)cs3)c2)cc1. The fourth-order valence-electron chi connectivity index (χ4n) is 3.30. The van der Waals surface area contributed by atoms with E-state index in [0.717, 1.165) is 21.9 Å². The van der Waals surface area contributed by atoms with Gasteiger partial charge >= 0.3 is 0 Å². The molecule has 184 valence electrons. The normalized spacial score (nSPS) is 11.4. The highest BCUT2D eigenvalue weighted by Gasteiger charge is 2.17. The van der Waals surface area contributed by atoms with Gasteiger partial charge in [0.15, 0.2) is 5.13 Å². The van der Waals surface area contributed by atoms with Gasteiger partial charge in [0.25, 0.3) is 5.91 Å². The van der Waals surface area contributed by atoms with Crippen LogP contribution >= 0.6 is 23.1 Å². The van der Waals surface area contributed by atoms with Gasteiger partial charge in [-0.2, -0.15) is 0 Å². The lowest BCUT2D eigenvalue weighted by atomic mass is 10.2. The number of hydrogen-bond acceptors (Lipinski definition) is 7. The van der Waals surface area contributed by atoms with Crippen molar-refractivity contribution in [1.29, 1.82) is 0 Å². The second-order valence-corrected chi connectivity index (χ2v) is 10.0. The van der Waals surface area contributed by atoms with Crippen molar-refractivity contribution < 1.29 is 19.1 Å². The number of methoxy groups -OCH3 is 2. The number of hydrogen-bond donors (Lipinski definition) is 2. The lowest BCUT2D eigenvalue weighted by molar-refractivity contribution is -0.115. The first-order chi connectivity index (χ1) is 17.4. The van der Waals surface area contributed by atoms with Crippen molar-refractivity contribution in [2.24, 2.45) is 0 Å². The standard InChI is InChI=1S/C27H25N3O4S2/c1-17(25(31)30-27-29-24(16-35-27)19-6-4-8-22(14-19)34-3)36-23-9-5-7-20(15-23)28-26(32)18-10-12-21(33-2)13-11-18/h4-17H,1-3H3,(H,28,32)(H,29,30,31). The first-order valence-electron chi connectivity index (χ1n) is 11.1. The highest BCUT2D eigenvalue weighted by Crippen LogP contribution is 2.30.